The SMILES string of the molecule is N#Cc1cc([N+](=O)[O-])ccc1Oc1ccc(OCc2ccccc2)cc1. The molecule has 0 aliphatic rings. The van der Waals surface area contributed by atoms with Gasteiger partial charge in [0.05, 0.1) is 4.92 Å². The van der Waals surface area contributed by atoms with Gasteiger partial charge in [-0.05, 0) is 35.9 Å². The van der Waals surface area contributed by atoms with E-state index in [2.05, 4.69) is 0 Å². The zero-order valence-electron chi connectivity index (χ0n) is 13.7. The second kappa shape index (κ2) is 7.81. The molecule has 0 radical (unpaired) electrons. The standard InChI is InChI=1S/C20H14N2O4/c21-13-16-12-17(22(23)24)6-11-20(16)26-19-9-7-18(8-10-19)25-14-15-4-2-1-3-5-15/h1-12H,14H2. The molecule has 0 N–H and O–H groups in total. The molecule has 26 heavy (non-hydrogen) atoms. The Morgan fingerprint density at radius 2 is 1.65 bits per heavy atom. The molecule has 0 saturated carbocycles. The van der Waals surface area contributed by atoms with Crippen molar-refractivity contribution in [2.75, 3.05) is 0 Å². The van der Waals surface area contributed by atoms with Gasteiger partial charge in [-0.1, -0.05) is 30.3 Å². The van der Waals surface area contributed by atoms with Crippen molar-refractivity contribution in [3.8, 4) is 23.3 Å². The highest BCUT2D eigenvalue weighted by Crippen LogP contribution is 2.29. The summed E-state index contributed by atoms with van der Waals surface area (Å²) in [5, 5.41) is 19.9. The number of nitriles is 1. The van der Waals surface area contributed by atoms with Gasteiger partial charge in [0.2, 0.25) is 0 Å². The zero-order valence-corrected chi connectivity index (χ0v) is 13.7. The van der Waals surface area contributed by atoms with Crippen LogP contribution in [0.1, 0.15) is 11.1 Å². The zero-order chi connectivity index (χ0) is 18.4. The van der Waals surface area contributed by atoms with E-state index in [-0.39, 0.29) is 17.0 Å². The molecule has 0 aliphatic carbocycles. The van der Waals surface area contributed by atoms with E-state index in [0.29, 0.717) is 18.1 Å². The van der Waals surface area contributed by atoms with Crippen LogP contribution in [0.2, 0.25) is 0 Å². The minimum Gasteiger partial charge on any atom is -0.489 e. The van der Waals surface area contributed by atoms with E-state index in [1.807, 2.05) is 36.4 Å². The van der Waals surface area contributed by atoms with Crippen LogP contribution in [-0.4, -0.2) is 4.92 Å². The average Bonchev–Trinajstić information content (AvgIpc) is 2.68. The maximum absolute atomic E-state index is 10.8. The van der Waals surface area contributed by atoms with E-state index in [0.717, 1.165) is 5.56 Å². The first-order valence-electron chi connectivity index (χ1n) is 7.79. The average molecular weight is 346 g/mol. The van der Waals surface area contributed by atoms with Crippen LogP contribution < -0.4 is 9.47 Å². The van der Waals surface area contributed by atoms with E-state index in [1.54, 1.807) is 24.3 Å². The van der Waals surface area contributed by atoms with Crippen LogP contribution in [0.3, 0.4) is 0 Å². The van der Waals surface area contributed by atoms with Crippen molar-refractivity contribution >= 4 is 5.69 Å². The number of rotatable bonds is 6. The lowest BCUT2D eigenvalue weighted by Gasteiger charge is -2.09. The number of hydrogen-bond donors (Lipinski definition) is 0. The number of hydrogen-bond acceptors (Lipinski definition) is 5. The fraction of sp³-hybridized carbons (Fsp3) is 0.0500. The van der Waals surface area contributed by atoms with E-state index < -0.39 is 4.92 Å². The lowest BCUT2D eigenvalue weighted by Crippen LogP contribution is -1.95. The third-order valence-corrected chi connectivity index (χ3v) is 3.59. The lowest BCUT2D eigenvalue weighted by atomic mass is 10.2. The molecule has 6 heteroatoms. The number of nitro groups is 1. The Morgan fingerprint density at radius 1 is 0.962 bits per heavy atom. The highest BCUT2D eigenvalue weighted by atomic mass is 16.6. The number of benzene rings is 3. The molecule has 0 atom stereocenters. The topological polar surface area (TPSA) is 85.4 Å². The van der Waals surface area contributed by atoms with Crippen molar-refractivity contribution in [3.05, 3.63) is 94.0 Å². The molecule has 0 fully saturated rings. The Labute approximate surface area is 150 Å². The van der Waals surface area contributed by atoms with Crippen LogP contribution in [0, 0.1) is 21.4 Å². The summed E-state index contributed by atoms with van der Waals surface area (Å²) < 4.78 is 11.4. The molecule has 3 aromatic rings. The molecule has 0 saturated heterocycles. The third kappa shape index (κ3) is 4.16. The summed E-state index contributed by atoms with van der Waals surface area (Å²) >= 11 is 0. The number of nitrogens with zero attached hydrogens (tertiary/aromatic N) is 2. The molecule has 0 aromatic heterocycles. The smallest absolute Gasteiger partial charge is 0.271 e. The number of nitro benzene ring substituents is 1. The maximum Gasteiger partial charge on any atom is 0.271 e. The van der Waals surface area contributed by atoms with E-state index in [1.165, 1.54) is 18.2 Å². The Balaban J connectivity index is 1.68. The Morgan fingerprint density at radius 3 is 2.31 bits per heavy atom. The summed E-state index contributed by atoms with van der Waals surface area (Å²) in [5.74, 6) is 1.45. The molecule has 3 rings (SSSR count). The number of ether oxygens (including phenoxy) is 2. The van der Waals surface area contributed by atoms with Crippen LogP contribution >= 0.6 is 0 Å². The predicted molar refractivity (Wildman–Crippen MR) is 95.1 cm³/mol. The van der Waals surface area contributed by atoms with Crippen molar-refractivity contribution in [2.24, 2.45) is 0 Å². The predicted octanol–water partition coefficient (Wildman–Crippen LogP) is 4.84. The summed E-state index contributed by atoms with van der Waals surface area (Å²) in [6, 6.07) is 22.6. The second-order valence-corrected chi connectivity index (χ2v) is 5.40. The quantitative estimate of drug-likeness (QED) is 0.471. The molecule has 0 aliphatic heterocycles. The van der Waals surface area contributed by atoms with E-state index >= 15 is 0 Å². The number of non-ortho nitro benzene ring substituents is 1. The first-order valence-corrected chi connectivity index (χ1v) is 7.79. The fourth-order valence-electron chi connectivity index (χ4n) is 2.28. The molecule has 128 valence electrons. The maximum atomic E-state index is 10.8. The molecular formula is C20H14N2O4. The normalized spacial score (nSPS) is 9.96. The van der Waals surface area contributed by atoms with Gasteiger partial charge in [-0.3, -0.25) is 10.1 Å². The molecule has 0 bridgehead atoms. The van der Waals surface area contributed by atoms with Crippen LogP contribution in [0.4, 0.5) is 5.69 Å². The van der Waals surface area contributed by atoms with Crippen molar-refractivity contribution in [3.63, 3.8) is 0 Å². The largest absolute Gasteiger partial charge is 0.489 e. The van der Waals surface area contributed by atoms with Gasteiger partial charge in [-0.2, -0.15) is 5.26 Å². The van der Waals surface area contributed by atoms with Crippen LogP contribution in [0.5, 0.6) is 17.2 Å². The first kappa shape index (κ1) is 17.0. The summed E-state index contributed by atoms with van der Waals surface area (Å²) in [7, 11) is 0. The van der Waals surface area contributed by atoms with Crippen molar-refractivity contribution < 1.29 is 14.4 Å². The van der Waals surface area contributed by atoms with Gasteiger partial charge in [-0.25, -0.2) is 0 Å². The van der Waals surface area contributed by atoms with Gasteiger partial charge < -0.3 is 9.47 Å². The van der Waals surface area contributed by atoms with Crippen LogP contribution in [0.15, 0.2) is 72.8 Å². The van der Waals surface area contributed by atoms with Gasteiger partial charge >= 0.3 is 0 Å². The Hall–Kier alpha value is -3.85. The summed E-state index contributed by atoms with van der Waals surface area (Å²) in [5.41, 5.74) is 1.01. The third-order valence-electron chi connectivity index (χ3n) is 3.59. The molecular weight excluding hydrogens is 332 g/mol. The monoisotopic (exact) mass is 346 g/mol. The van der Waals surface area contributed by atoms with Gasteiger partial charge in [0.25, 0.3) is 5.69 Å². The summed E-state index contributed by atoms with van der Waals surface area (Å²) in [4.78, 5) is 10.2. The lowest BCUT2D eigenvalue weighted by molar-refractivity contribution is -0.384. The Bertz CT molecular complexity index is 948. The minimum absolute atomic E-state index is 0.101. The molecule has 0 spiro atoms. The molecule has 0 unspecified atom stereocenters. The summed E-state index contributed by atoms with van der Waals surface area (Å²) in [6.07, 6.45) is 0. The van der Waals surface area contributed by atoms with E-state index in [4.69, 9.17) is 14.7 Å². The van der Waals surface area contributed by atoms with Gasteiger partial charge in [0.1, 0.15) is 35.5 Å². The van der Waals surface area contributed by atoms with Gasteiger partial charge in [0.15, 0.2) is 0 Å². The highest BCUT2D eigenvalue weighted by Gasteiger charge is 2.12. The molecule has 0 amide bonds. The highest BCUT2D eigenvalue weighted by molar-refractivity contribution is 5.51. The molecule has 3 aromatic carbocycles. The molecule has 0 heterocycles. The second-order valence-electron chi connectivity index (χ2n) is 5.40. The van der Waals surface area contributed by atoms with Crippen molar-refractivity contribution in [1.29, 1.82) is 5.26 Å². The fourth-order valence-corrected chi connectivity index (χ4v) is 2.28. The van der Waals surface area contributed by atoms with Crippen molar-refractivity contribution in [1.82, 2.24) is 0 Å². The Kier molecular flexibility index (Phi) is 5.11. The van der Waals surface area contributed by atoms with Gasteiger partial charge in [-0.15, -0.1) is 0 Å². The minimum atomic E-state index is -0.552. The first-order chi connectivity index (χ1) is 12.7. The molecule has 6 nitrogen and oxygen atoms in total. The van der Waals surface area contributed by atoms with Crippen molar-refractivity contribution in [2.45, 2.75) is 6.61 Å². The van der Waals surface area contributed by atoms with Crippen LogP contribution in [-0.2, 0) is 6.61 Å². The van der Waals surface area contributed by atoms with Gasteiger partial charge in [0, 0.05) is 12.1 Å². The van der Waals surface area contributed by atoms with E-state index in [9.17, 15) is 10.1 Å². The summed E-state index contributed by atoms with van der Waals surface area (Å²) in [6.45, 7) is 0.460. The van der Waals surface area contributed by atoms with Crippen LogP contribution in [0.25, 0.3) is 0 Å².